The summed E-state index contributed by atoms with van der Waals surface area (Å²) in [5.74, 6) is 1.43. The molecule has 48 heavy (non-hydrogen) atoms. The highest BCUT2D eigenvalue weighted by Gasteiger charge is 2.24. The highest BCUT2D eigenvalue weighted by molar-refractivity contribution is 5.98. The highest BCUT2D eigenvalue weighted by atomic mass is 16.5. The van der Waals surface area contributed by atoms with Gasteiger partial charge in [-0.3, -0.25) is 14.6 Å². The van der Waals surface area contributed by atoms with Gasteiger partial charge in [0.25, 0.3) is 0 Å². The first-order valence-electron chi connectivity index (χ1n) is 17.2. The lowest BCUT2D eigenvalue weighted by Crippen LogP contribution is -2.37. The Hall–Kier alpha value is -3.57. The largest absolute Gasteiger partial charge is 0.507 e. The molecule has 5 rings (SSSR count). The first-order valence-corrected chi connectivity index (χ1v) is 17.2. The molecule has 0 radical (unpaired) electrons. The summed E-state index contributed by atoms with van der Waals surface area (Å²) < 4.78 is 35.9. The molecule has 0 atom stereocenters. The van der Waals surface area contributed by atoms with Gasteiger partial charge in [0.15, 0.2) is 11.5 Å². The van der Waals surface area contributed by atoms with E-state index < -0.39 is 0 Å². The maximum absolute atomic E-state index is 14.4. The molecule has 2 fully saturated rings. The molecule has 0 saturated carbocycles. The van der Waals surface area contributed by atoms with E-state index in [0.29, 0.717) is 65.4 Å². The van der Waals surface area contributed by atoms with Crippen molar-refractivity contribution in [3.05, 3.63) is 56.8 Å². The van der Waals surface area contributed by atoms with Crippen molar-refractivity contribution in [2.24, 2.45) is 0 Å². The lowest BCUT2D eigenvalue weighted by Gasteiger charge is -2.26. The lowest BCUT2D eigenvalue weighted by atomic mass is 9.98. The summed E-state index contributed by atoms with van der Waals surface area (Å²) in [6.45, 7) is 17.5. The average Bonchev–Trinajstić information content (AvgIpc) is 3.07. The molecule has 1 N–H and O–H groups in total. The molecule has 0 unspecified atom stereocenters. The zero-order chi connectivity index (χ0) is 34.0. The Morgan fingerprint density at radius 2 is 1.27 bits per heavy atom. The standard InChI is InChI=1S/C38H52N2O8/c1-26(2)8-10-28-30(46-18-6-12-39-14-20-44-21-15-39)24-32-35(36(28)41)37(42)34-29(11-9-27(3)4)38(43-5)33(25-31(34)48-32)47-19-7-13-40-16-22-45-23-17-40/h8-9,24-25,41H,6-7,10-23H2,1-5H3. The van der Waals surface area contributed by atoms with E-state index in [2.05, 4.69) is 15.9 Å². The van der Waals surface area contributed by atoms with Gasteiger partial charge in [0.05, 0.1) is 52.1 Å². The Labute approximate surface area is 283 Å². The van der Waals surface area contributed by atoms with Crippen molar-refractivity contribution < 1.29 is 33.2 Å². The van der Waals surface area contributed by atoms with Crippen molar-refractivity contribution in [1.82, 2.24) is 9.80 Å². The van der Waals surface area contributed by atoms with Crippen LogP contribution in [0.1, 0.15) is 51.7 Å². The monoisotopic (exact) mass is 664 g/mol. The van der Waals surface area contributed by atoms with Crippen LogP contribution in [0, 0.1) is 0 Å². The van der Waals surface area contributed by atoms with Crippen molar-refractivity contribution in [3.63, 3.8) is 0 Å². The third-order valence-electron chi connectivity index (χ3n) is 8.90. The van der Waals surface area contributed by atoms with Gasteiger partial charge in [0.1, 0.15) is 28.1 Å². The van der Waals surface area contributed by atoms with E-state index in [0.717, 1.165) is 89.7 Å². The molecule has 1 aromatic heterocycles. The molecule has 262 valence electrons. The normalized spacial score (nSPS) is 15.9. The minimum Gasteiger partial charge on any atom is -0.507 e. The van der Waals surface area contributed by atoms with E-state index in [9.17, 15) is 9.90 Å². The predicted octanol–water partition coefficient (Wildman–Crippen LogP) is 5.88. The number of hydrogen-bond donors (Lipinski definition) is 1. The average molecular weight is 665 g/mol. The van der Waals surface area contributed by atoms with E-state index in [-0.39, 0.29) is 22.1 Å². The van der Waals surface area contributed by atoms with Crippen molar-refractivity contribution >= 4 is 21.9 Å². The third-order valence-corrected chi connectivity index (χ3v) is 8.90. The number of fused-ring (bicyclic) bond motifs is 2. The lowest BCUT2D eigenvalue weighted by molar-refractivity contribution is 0.0357. The molecule has 2 aliphatic rings. The van der Waals surface area contributed by atoms with Crippen LogP contribution in [0.3, 0.4) is 0 Å². The SMILES string of the molecule is COc1c(OCCCN2CCOCC2)cc2oc3cc(OCCCN4CCOCC4)c(CC=C(C)C)c(O)c3c(=O)c2c1CC=C(C)C. The fourth-order valence-electron chi connectivity index (χ4n) is 6.26. The maximum Gasteiger partial charge on any atom is 0.204 e. The Morgan fingerprint density at radius 1 is 0.771 bits per heavy atom. The van der Waals surface area contributed by atoms with Crippen LogP contribution in [0.4, 0.5) is 0 Å². The van der Waals surface area contributed by atoms with E-state index in [1.165, 1.54) is 0 Å². The van der Waals surface area contributed by atoms with Gasteiger partial charge in [-0.15, -0.1) is 0 Å². The molecule has 0 spiro atoms. The molecule has 0 aliphatic carbocycles. The van der Waals surface area contributed by atoms with Crippen LogP contribution in [0.2, 0.25) is 0 Å². The number of rotatable bonds is 15. The van der Waals surface area contributed by atoms with E-state index in [4.69, 9.17) is 28.1 Å². The van der Waals surface area contributed by atoms with E-state index in [1.54, 1.807) is 19.2 Å². The summed E-state index contributed by atoms with van der Waals surface area (Å²) in [7, 11) is 1.59. The number of phenolic OH excluding ortho intramolecular Hbond substituents is 1. The van der Waals surface area contributed by atoms with Gasteiger partial charge < -0.3 is 33.2 Å². The predicted molar refractivity (Wildman–Crippen MR) is 189 cm³/mol. The second-order valence-corrected chi connectivity index (χ2v) is 13.0. The fraction of sp³-hybridized carbons (Fsp3) is 0.553. The highest BCUT2D eigenvalue weighted by Crippen LogP contribution is 2.41. The Bertz CT molecular complexity index is 1660. The second kappa shape index (κ2) is 17.2. The second-order valence-electron chi connectivity index (χ2n) is 13.0. The van der Waals surface area contributed by atoms with Gasteiger partial charge in [0, 0.05) is 62.5 Å². The molecule has 3 heterocycles. The molecule has 0 bridgehead atoms. The topological polar surface area (TPSA) is 103 Å². The molecule has 2 saturated heterocycles. The van der Waals surface area contributed by atoms with Crippen molar-refractivity contribution in [2.75, 3.05) is 86.0 Å². The molecule has 10 heteroatoms. The first kappa shape index (κ1) is 35.7. The third kappa shape index (κ3) is 8.91. The number of allylic oxidation sites excluding steroid dienone is 4. The molecular formula is C38H52N2O8. The fourth-order valence-corrected chi connectivity index (χ4v) is 6.26. The summed E-state index contributed by atoms with van der Waals surface area (Å²) in [5.41, 5.74) is 3.78. The number of benzene rings is 2. The smallest absolute Gasteiger partial charge is 0.204 e. The minimum atomic E-state index is -0.310. The van der Waals surface area contributed by atoms with Gasteiger partial charge in [-0.1, -0.05) is 23.3 Å². The molecule has 0 amide bonds. The molecule has 2 aliphatic heterocycles. The molecule has 2 aromatic carbocycles. The van der Waals surface area contributed by atoms with Crippen LogP contribution in [-0.4, -0.2) is 101 Å². The minimum absolute atomic E-state index is 0.112. The number of nitrogens with zero attached hydrogens (tertiary/aromatic N) is 2. The summed E-state index contributed by atoms with van der Waals surface area (Å²) in [6, 6.07) is 3.49. The van der Waals surface area contributed by atoms with Gasteiger partial charge in [-0.2, -0.15) is 0 Å². The van der Waals surface area contributed by atoms with E-state index in [1.807, 2.05) is 33.8 Å². The van der Waals surface area contributed by atoms with Crippen LogP contribution >= 0.6 is 0 Å². The van der Waals surface area contributed by atoms with Gasteiger partial charge >= 0.3 is 0 Å². The Kier molecular flexibility index (Phi) is 12.8. The Balaban J connectivity index is 1.52. The zero-order valence-electron chi connectivity index (χ0n) is 29.3. The zero-order valence-corrected chi connectivity index (χ0v) is 29.3. The number of aromatic hydroxyl groups is 1. The number of hydrogen-bond acceptors (Lipinski definition) is 10. The van der Waals surface area contributed by atoms with Crippen LogP contribution in [0.15, 0.2) is 44.6 Å². The summed E-state index contributed by atoms with van der Waals surface area (Å²) in [5, 5.41) is 12.2. The summed E-state index contributed by atoms with van der Waals surface area (Å²) >= 11 is 0. The van der Waals surface area contributed by atoms with Crippen LogP contribution < -0.4 is 19.6 Å². The number of morpholine rings is 2. The first-order chi connectivity index (χ1) is 23.3. The molecular weight excluding hydrogens is 612 g/mol. The van der Waals surface area contributed by atoms with Crippen molar-refractivity contribution in [1.29, 1.82) is 0 Å². The van der Waals surface area contributed by atoms with Gasteiger partial charge in [0.2, 0.25) is 5.43 Å². The van der Waals surface area contributed by atoms with E-state index >= 15 is 0 Å². The van der Waals surface area contributed by atoms with Crippen LogP contribution in [-0.2, 0) is 22.3 Å². The quantitative estimate of drug-likeness (QED) is 0.120. The number of methoxy groups -OCH3 is 1. The summed E-state index contributed by atoms with van der Waals surface area (Å²) in [6.07, 6.45) is 6.60. The Morgan fingerprint density at radius 3 is 1.81 bits per heavy atom. The number of phenols is 1. The maximum atomic E-state index is 14.4. The molecule has 10 nitrogen and oxygen atoms in total. The van der Waals surface area contributed by atoms with Crippen molar-refractivity contribution in [2.45, 2.75) is 53.4 Å². The van der Waals surface area contributed by atoms with Crippen LogP contribution in [0.25, 0.3) is 21.9 Å². The van der Waals surface area contributed by atoms with Crippen molar-refractivity contribution in [3.8, 4) is 23.0 Å². The molecule has 3 aromatic rings. The summed E-state index contributed by atoms with van der Waals surface area (Å²) in [4.78, 5) is 19.1. The van der Waals surface area contributed by atoms with Gasteiger partial charge in [-0.25, -0.2) is 0 Å². The number of ether oxygens (including phenoxy) is 5. The van der Waals surface area contributed by atoms with Gasteiger partial charge in [-0.05, 0) is 53.4 Å². The van der Waals surface area contributed by atoms with Crippen LogP contribution in [0.5, 0.6) is 23.0 Å².